The van der Waals surface area contributed by atoms with Crippen LogP contribution in [0.15, 0.2) is 53.5 Å². The van der Waals surface area contributed by atoms with Crippen molar-refractivity contribution >= 4 is 74.3 Å². The Balaban J connectivity index is 1.05. The average molecular weight is 727 g/mol. The predicted molar refractivity (Wildman–Crippen MR) is 198 cm³/mol. The number of benzene rings is 2. The molecule has 2 saturated heterocycles. The largest absolute Gasteiger partial charge is 0.478 e. The molecule has 5 aromatic rings. The molecule has 5 heterocycles. The van der Waals surface area contributed by atoms with Crippen molar-refractivity contribution in [2.45, 2.75) is 31.6 Å². The van der Waals surface area contributed by atoms with Gasteiger partial charge in [0.2, 0.25) is 17.8 Å². The number of rotatable bonds is 10. The number of pyridine rings is 1. The summed E-state index contributed by atoms with van der Waals surface area (Å²) in [5.74, 6) is 0.0263. The topological polar surface area (TPSA) is 177 Å². The molecular weight excluding hydrogens is 688 g/mol. The summed E-state index contributed by atoms with van der Waals surface area (Å²) in [4.78, 5) is 60.4. The highest BCUT2D eigenvalue weighted by atomic mass is 35.5. The van der Waals surface area contributed by atoms with Crippen LogP contribution in [0.2, 0.25) is 5.02 Å². The van der Waals surface area contributed by atoms with Crippen molar-refractivity contribution in [3.8, 4) is 5.75 Å². The van der Waals surface area contributed by atoms with Gasteiger partial charge < -0.3 is 30.2 Å². The number of imide groups is 1. The first-order valence-electron chi connectivity index (χ1n) is 17.1. The number of likely N-dealkylation sites (N-methyl/N-ethyl adjacent to an activating group) is 1. The number of hydrogen-bond donors (Lipinski definition) is 4. The van der Waals surface area contributed by atoms with Gasteiger partial charge in [0.05, 0.1) is 34.5 Å². The fraction of sp³-hybridized carbons (Fsp3) is 0.361. The molecular formula is C36H39ClN10O5. The van der Waals surface area contributed by atoms with E-state index in [0.29, 0.717) is 59.0 Å². The van der Waals surface area contributed by atoms with Gasteiger partial charge in [-0.25, -0.2) is 4.98 Å². The summed E-state index contributed by atoms with van der Waals surface area (Å²) in [6.07, 6.45) is 4.32. The van der Waals surface area contributed by atoms with Crippen LogP contribution < -0.4 is 36.5 Å². The normalized spacial score (nSPS) is 17.7. The Hall–Kier alpha value is -5.70. The van der Waals surface area contributed by atoms with Crippen LogP contribution in [-0.4, -0.2) is 75.3 Å². The minimum Gasteiger partial charge on any atom is -0.478 e. The Bertz CT molecular complexity index is 2270. The quantitative estimate of drug-likeness (QED) is 0.155. The maximum absolute atomic E-state index is 12.8. The van der Waals surface area contributed by atoms with Crippen molar-refractivity contribution < 1.29 is 19.1 Å². The van der Waals surface area contributed by atoms with Crippen molar-refractivity contribution in [2.24, 2.45) is 20.0 Å². The van der Waals surface area contributed by atoms with E-state index in [1.165, 1.54) is 11.6 Å². The van der Waals surface area contributed by atoms with E-state index in [9.17, 15) is 19.2 Å². The monoisotopic (exact) mass is 726 g/mol. The first-order chi connectivity index (χ1) is 25.1. The summed E-state index contributed by atoms with van der Waals surface area (Å²) in [6, 6.07) is 13.1. The van der Waals surface area contributed by atoms with E-state index in [0.717, 1.165) is 47.9 Å². The Morgan fingerprint density at radius 2 is 1.96 bits per heavy atom. The number of hydrogen-bond acceptors (Lipinski definition) is 11. The Kier molecular flexibility index (Phi) is 9.69. The third kappa shape index (κ3) is 6.95. The van der Waals surface area contributed by atoms with E-state index in [4.69, 9.17) is 26.4 Å². The van der Waals surface area contributed by atoms with Gasteiger partial charge in [-0.15, -0.1) is 0 Å². The molecule has 2 aliphatic rings. The predicted octanol–water partition coefficient (Wildman–Crippen LogP) is 3.59. The zero-order valence-corrected chi connectivity index (χ0v) is 29.8. The van der Waals surface area contributed by atoms with E-state index in [1.54, 1.807) is 24.0 Å². The lowest BCUT2D eigenvalue weighted by molar-refractivity contribution is -0.134. The number of fused-ring (bicyclic) bond motifs is 2. The van der Waals surface area contributed by atoms with Gasteiger partial charge in [-0.2, -0.15) is 10.1 Å². The van der Waals surface area contributed by atoms with Crippen molar-refractivity contribution in [1.82, 2.24) is 34.9 Å². The minimum absolute atomic E-state index is 0.0706. The number of para-hydroxylation sites is 1. The number of piperidine rings is 2. The number of carbonyl (C=O) groups excluding carboxylic acids is 3. The molecule has 3 aromatic heterocycles. The summed E-state index contributed by atoms with van der Waals surface area (Å²) >= 11 is 6.57. The Morgan fingerprint density at radius 1 is 1.12 bits per heavy atom. The molecule has 7 rings (SSSR count). The molecule has 2 fully saturated rings. The van der Waals surface area contributed by atoms with Gasteiger partial charge in [0.15, 0.2) is 18.2 Å². The number of ether oxygens (including phenoxy) is 1. The van der Waals surface area contributed by atoms with E-state index in [-0.39, 0.29) is 35.6 Å². The summed E-state index contributed by atoms with van der Waals surface area (Å²) in [5.41, 5.74) is 3.57. The summed E-state index contributed by atoms with van der Waals surface area (Å²) in [5, 5.41) is 18.6. The van der Waals surface area contributed by atoms with Gasteiger partial charge in [0, 0.05) is 63.7 Å². The van der Waals surface area contributed by atoms with Gasteiger partial charge in [-0.1, -0.05) is 23.7 Å². The fourth-order valence-electron chi connectivity index (χ4n) is 6.97. The van der Waals surface area contributed by atoms with Crippen molar-refractivity contribution in [2.75, 3.05) is 48.8 Å². The second kappa shape index (κ2) is 14.5. The standard InChI is InChI=1S/C36H39ClN10O5/c1-38-30(49)19-52-28-15-21-14-22(9-11-27(21)45(2)35(28)51)41-33-25(37)17-40-36(43-33)47-13-5-6-20(18-47)16-39-26-8-4-7-23-31(44-46(3)32(23)26)24-10-12-29(48)42-34(24)50/h4,7-9,11,14-15,17,20,24,39H,5-6,10,12-13,16,18-19H2,1-3H3,(H,38,49)(H,40,41,43)(H,42,48,50)/t20-,24?/m0/s1. The number of carbonyl (C=O) groups is 3. The van der Waals surface area contributed by atoms with Gasteiger partial charge >= 0.3 is 0 Å². The number of aromatic nitrogens is 5. The first-order valence-corrected chi connectivity index (χ1v) is 17.5. The fourth-order valence-corrected chi connectivity index (χ4v) is 7.11. The van der Waals surface area contributed by atoms with E-state index in [1.807, 2.05) is 43.4 Å². The zero-order chi connectivity index (χ0) is 36.5. The maximum atomic E-state index is 12.8. The molecule has 4 N–H and O–H groups in total. The lowest BCUT2D eigenvalue weighted by Gasteiger charge is -2.33. The number of amides is 3. The van der Waals surface area contributed by atoms with Crippen LogP contribution >= 0.6 is 11.6 Å². The zero-order valence-electron chi connectivity index (χ0n) is 29.0. The van der Waals surface area contributed by atoms with E-state index >= 15 is 0 Å². The Labute approximate surface area is 303 Å². The molecule has 1 unspecified atom stereocenters. The molecule has 0 aliphatic carbocycles. The molecule has 0 radical (unpaired) electrons. The van der Waals surface area contributed by atoms with Crippen LogP contribution in [0.25, 0.3) is 21.8 Å². The average Bonchev–Trinajstić information content (AvgIpc) is 3.48. The third-order valence-corrected chi connectivity index (χ3v) is 9.94. The molecule has 2 aliphatic heterocycles. The lowest BCUT2D eigenvalue weighted by atomic mass is 9.92. The third-order valence-electron chi connectivity index (χ3n) is 9.67. The smallest absolute Gasteiger partial charge is 0.293 e. The highest BCUT2D eigenvalue weighted by Gasteiger charge is 2.32. The second-order valence-corrected chi connectivity index (χ2v) is 13.6. The molecule has 52 heavy (non-hydrogen) atoms. The molecule has 0 spiro atoms. The van der Waals surface area contributed by atoms with Crippen LogP contribution in [0.1, 0.15) is 37.3 Å². The number of nitrogens with zero attached hydrogens (tertiary/aromatic N) is 6. The highest BCUT2D eigenvalue weighted by molar-refractivity contribution is 6.33. The van der Waals surface area contributed by atoms with Crippen molar-refractivity contribution in [3.05, 3.63) is 69.7 Å². The number of aryl methyl sites for hydroxylation is 2. The molecule has 3 amide bonds. The number of halogens is 1. The van der Waals surface area contributed by atoms with Gasteiger partial charge in [-0.3, -0.25) is 29.2 Å². The van der Waals surface area contributed by atoms with Crippen molar-refractivity contribution in [1.29, 1.82) is 0 Å². The molecule has 2 aromatic carbocycles. The van der Waals surface area contributed by atoms with Crippen LogP contribution in [0.4, 0.5) is 23.1 Å². The maximum Gasteiger partial charge on any atom is 0.293 e. The molecule has 16 heteroatoms. The molecule has 2 atom stereocenters. The van der Waals surface area contributed by atoms with Crippen LogP contribution in [0.5, 0.6) is 5.75 Å². The van der Waals surface area contributed by atoms with Gasteiger partial charge in [0.1, 0.15) is 5.02 Å². The van der Waals surface area contributed by atoms with E-state index < -0.39 is 5.92 Å². The highest BCUT2D eigenvalue weighted by Crippen LogP contribution is 2.34. The first kappa shape index (κ1) is 34.7. The number of anilines is 4. The van der Waals surface area contributed by atoms with Crippen molar-refractivity contribution in [3.63, 3.8) is 0 Å². The minimum atomic E-state index is -0.465. The molecule has 0 saturated carbocycles. The number of nitrogens with one attached hydrogen (secondary N) is 4. The summed E-state index contributed by atoms with van der Waals surface area (Å²) in [6.45, 7) is 1.98. The van der Waals surface area contributed by atoms with Crippen LogP contribution in [0.3, 0.4) is 0 Å². The molecule has 15 nitrogen and oxygen atoms in total. The molecule has 0 bridgehead atoms. The summed E-state index contributed by atoms with van der Waals surface area (Å²) < 4.78 is 8.78. The SMILES string of the molecule is CNC(=O)COc1cc2cc(Nc3nc(N4CCC[C@@H](CNc5cccc6c(C7CCC(=O)NC7=O)nn(C)c56)C4)ncc3Cl)ccc2n(C)c1=O. The van der Waals surface area contributed by atoms with Crippen LogP contribution in [0, 0.1) is 5.92 Å². The second-order valence-electron chi connectivity index (χ2n) is 13.1. The Morgan fingerprint density at radius 3 is 2.77 bits per heavy atom. The lowest BCUT2D eigenvalue weighted by Crippen LogP contribution is -2.39. The van der Waals surface area contributed by atoms with Crippen LogP contribution in [-0.2, 0) is 28.5 Å². The summed E-state index contributed by atoms with van der Waals surface area (Å²) in [7, 11) is 5.02. The molecule has 270 valence electrons. The van der Waals surface area contributed by atoms with E-state index in [2.05, 4.69) is 31.2 Å². The van der Waals surface area contributed by atoms with Gasteiger partial charge in [-0.05, 0) is 55.5 Å². The van der Waals surface area contributed by atoms with Gasteiger partial charge in [0.25, 0.3) is 11.5 Å².